The van der Waals surface area contributed by atoms with Gasteiger partial charge in [0.1, 0.15) is 5.82 Å². The van der Waals surface area contributed by atoms with Crippen LogP contribution >= 0.6 is 0 Å². The minimum Gasteiger partial charge on any atom is -0.502 e. The average molecular weight is 378 g/mol. The highest BCUT2D eigenvalue weighted by atomic mass is 16.6. The number of nitrogens with one attached hydrogen (secondary N) is 1. The number of benzene rings is 2. The Morgan fingerprint density at radius 1 is 1.14 bits per heavy atom. The molecule has 0 aliphatic heterocycles. The van der Waals surface area contributed by atoms with E-state index in [4.69, 9.17) is 0 Å². The van der Waals surface area contributed by atoms with Crippen molar-refractivity contribution < 1.29 is 14.8 Å². The molecule has 8 heteroatoms. The lowest BCUT2D eigenvalue weighted by Crippen LogP contribution is -2.22. The van der Waals surface area contributed by atoms with E-state index in [0.29, 0.717) is 46.5 Å². The van der Waals surface area contributed by atoms with E-state index in [1.165, 1.54) is 6.07 Å². The number of hydrogen-bond donors (Lipinski definition) is 2. The molecule has 4 rings (SSSR count). The van der Waals surface area contributed by atoms with Gasteiger partial charge in [0.15, 0.2) is 17.0 Å². The van der Waals surface area contributed by atoms with Crippen LogP contribution in [0.3, 0.4) is 0 Å². The molecule has 1 heterocycles. The van der Waals surface area contributed by atoms with Crippen molar-refractivity contribution >= 4 is 28.2 Å². The molecule has 0 fully saturated rings. The summed E-state index contributed by atoms with van der Waals surface area (Å²) in [7, 11) is 3.84. The van der Waals surface area contributed by atoms with Crippen molar-refractivity contribution in [3.8, 4) is 16.9 Å². The molecule has 2 N–H and O–H groups in total. The molecular weight excluding hydrogens is 360 g/mol. The fourth-order valence-electron chi connectivity index (χ4n) is 3.55. The molecular formula is C20H18N4O4. The summed E-state index contributed by atoms with van der Waals surface area (Å²) >= 11 is 0. The van der Waals surface area contributed by atoms with Crippen LogP contribution in [-0.4, -0.2) is 52.9 Å². The van der Waals surface area contributed by atoms with Crippen molar-refractivity contribution in [1.29, 1.82) is 0 Å². The van der Waals surface area contributed by atoms with E-state index in [0.717, 1.165) is 0 Å². The van der Waals surface area contributed by atoms with E-state index < -0.39 is 16.4 Å². The standard InChI is InChI=1S/C20H18N4O4/c1-23(2)10-9-21-20-16-15(11-5-3-4-6-12(11)19(16)26)13-7-8-14(25)18(24(27)28)17(13)22-20/h3-8,25H,9-10H2,1-2H3,(H,21,22). The summed E-state index contributed by atoms with van der Waals surface area (Å²) in [4.78, 5) is 30.4. The molecule has 0 spiro atoms. The highest BCUT2D eigenvalue weighted by molar-refractivity contribution is 6.28. The molecule has 142 valence electrons. The predicted molar refractivity (Wildman–Crippen MR) is 106 cm³/mol. The molecule has 1 aliphatic carbocycles. The predicted octanol–water partition coefficient (Wildman–Crippen LogP) is 3.03. The molecule has 0 unspecified atom stereocenters. The van der Waals surface area contributed by atoms with E-state index >= 15 is 0 Å². The summed E-state index contributed by atoms with van der Waals surface area (Å²) in [5.74, 6) is -0.330. The van der Waals surface area contributed by atoms with E-state index in [9.17, 15) is 20.0 Å². The third-order valence-corrected chi connectivity index (χ3v) is 4.81. The highest BCUT2D eigenvalue weighted by Gasteiger charge is 2.34. The first-order valence-corrected chi connectivity index (χ1v) is 8.77. The molecule has 1 aliphatic rings. The van der Waals surface area contributed by atoms with Crippen LogP contribution in [0.15, 0.2) is 36.4 Å². The smallest absolute Gasteiger partial charge is 0.336 e. The van der Waals surface area contributed by atoms with Gasteiger partial charge in [0.2, 0.25) is 0 Å². The van der Waals surface area contributed by atoms with Crippen LogP contribution < -0.4 is 5.32 Å². The number of ketones is 1. The minimum absolute atomic E-state index is 0.0561. The van der Waals surface area contributed by atoms with Crippen LogP contribution in [0.5, 0.6) is 5.75 Å². The Kier molecular flexibility index (Phi) is 4.20. The molecule has 28 heavy (non-hydrogen) atoms. The van der Waals surface area contributed by atoms with Crippen molar-refractivity contribution in [2.24, 2.45) is 0 Å². The van der Waals surface area contributed by atoms with Gasteiger partial charge in [-0.1, -0.05) is 24.3 Å². The van der Waals surface area contributed by atoms with Gasteiger partial charge >= 0.3 is 5.69 Å². The summed E-state index contributed by atoms with van der Waals surface area (Å²) in [5, 5.41) is 25.2. The van der Waals surface area contributed by atoms with Crippen LogP contribution in [0.25, 0.3) is 22.0 Å². The Morgan fingerprint density at radius 2 is 1.86 bits per heavy atom. The molecule has 2 aromatic carbocycles. The van der Waals surface area contributed by atoms with Gasteiger partial charge in [0, 0.05) is 29.6 Å². The largest absolute Gasteiger partial charge is 0.502 e. The number of pyridine rings is 1. The van der Waals surface area contributed by atoms with Crippen molar-refractivity contribution in [2.75, 3.05) is 32.5 Å². The lowest BCUT2D eigenvalue weighted by molar-refractivity contribution is -0.384. The van der Waals surface area contributed by atoms with Crippen LogP contribution in [-0.2, 0) is 0 Å². The second-order valence-electron chi connectivity index (χ2n) is 6.90. The van der Waals surface area contributed by atoms with Gasteiger partial charge in [-0.15, -0.1) is 0 Å². The van der Waals surface area contributed by atoms with Crippen LogP contribution in [0.4, 0.5) is 11.5 Å². The molecule has 0 atom stereocenters. The number of fused-ring (bicyclic) bond motifs is 5. The van der Waals surface area contributed by atoms with Crippen LogP contribution in [0, 0.1) is 10.1 Å². The van der Waals surface area contributed by atoms with Gasteiger partial charge in [0.25, 0.3) is 0 Å². The first-order chi connectivity index (χ1) is 13.4. The average Bonchev–Trinajstić information content (AvgIpc) is 2.95. The Balaban J connectivity index is 2.04. The molecule has 1 aromatic heterocycles. The first-order valence-electron chi connectivity index (χ1n) is 8.77. The molecule has 0 bridgehead atoms. The summed E-state index contributed by atoms with van der Waals surface area (Å²) < 4.78 is 0. The lowest BCUT2D eigenvalue weighted by atomic mass is 10.00. The highest BCUT2D eigenvalue weighted by Crippen LogP contribution is 2.46. The number of nitrogens with zero attached hydrogens (tertiary/aromatic N) is 3. The van der Waals surface area contributed by atoms with Gasteiger partial charge in [0.05, 0.1) is 10.5 Å². The van der Waals surface area contributed by atoms with Crippen LogP contribution in [0.2, 0.25) is 0 Å². The number of carbonyl (C=O) groups is 1. The number of aromatic hydroxyl groups is 1. The first kappa shape index (κ1) is 17.9. The fraction of sp³-hybridized carbons (Fsp3) is 0.200. The number of anilines is 1. The van der Waals surface area contributed by atoms with Crippen molar-refractivity contribution in [3.05, 3.63) is 57.6 Å². The van der Waals surface area contributed by atoms with Gasteiger partial charge in [-0.05, 0) is 31.8 Å². The topological polar surface area (TPSA) is 109 Å². The maximum absolute atomic E-state index is 13.1. The van der Waals surface area contributed by atoms with Gasteiger partial charge in [-0.3, -0.25) is 14.9 Å². The second kappa shape index (κ2) is 6.58. The van der Waals surface area contributed by atoms with E-state index in [1.54, 1.807) is 18.2 Å². The fourth-order valence-corrected chi connectivity index (χ4v) is 3.55. The Labute approximate surface area is 160 Å². The molecule has 3 aromatic rings. The van der Waals surface area contributed by atoms with Gasteiger partial charge < -0.3 is 15.3 Å². The molecule has 0 saturated carbocycles. The van der Waals surface area contributed by atoms with Gasteiger partial charge in [-0.2, -0.15) is 0 Å². The number of nitro benzene ring substituents is 1. The summed E-state index contributed by atoms with van der Waals surface area (Å²) in [6.45, 7) is 1.20. The van der Waals surface area contributed by atoms with E-state index in [-0.39, 0.29) is 11.3 Å². The summed E-state index contributed by atoms with van der Waals surface area (Å²) in [6, 6.07) is 10.0. The number of rotatable bonds is 5. The molecule has 0 radical (unpaired) electrons. The number of aromatic nitrogens is 1. The molecule has 0 amide bonds. The van der Waals surface area contributed by atoms with Crippen LogP contribution in [0.1, 0.15) is 15.9 Å². The van der Waals surface area contributed by atoms with Gasteiger partial charge in [-0.25, -0.2) is 4.98 Å². The number of likely N-dealkylation sites (N-methyl/N-ethyl adjacent to an activating group) is 1. The SMILES string of the molecule is CN(C)CCNc1nc2c([N+](=O)[O-])c(O)ccc2c2c1C(=O)c1ccccc1-2. The van der Waals surface area contributed by atoms with E-state index in [2.05, 4.69) is 10.3 Å². The Hall–Kier alpha value is -3.52. The number of carbonyl (C=O) groups excluding carboxylic acids is 1. The number of phenols is 1. The lowest BCUT2D eigenvalue weighted by Gasteiger charge is -2.15. The summed E-state index contributed by atoms with van der Waals surface area (Å²) in [6.07, 6.45) is 0. The summed E-state index contributed by atoms with van der Waals surface area (Å²) in [5.41, 5.74) is 1.87. The van der Waals surface area contributed by atoms with Crippen molar-refractivity contribution in [1.82, 2.24) is 9.88 Å². The zero-order chi connectivity index (χ0) is 20.0. The maximum atomic E-state index is 13.1. The molecule has 0 saturated heterocycles. The normalized spacial score (nSPS) is 12.3. The monoisotopic (exact) mass is 378 g/mol. The molecule has 8 nitrogen and oxygen atoms in total. The number of hydrogen-bond acceptors (Lipinski definition) is 7. The Morgan fingerprint density at radius 3 is 2.54 bits per heavy atom. The Bertz CT molecular complexity index is 1140. The number of nitro groups is 1. The zero-order valence-corrected chi connectivity index (χ0v) is 15.4. The quantitative estimate of drug-likeness (QED) is 0.406. The maximum Gasteiger partial charge on any atom is 0.336 e. The third-order valence-electron chi connectivity index (χ3n) is 4.81. The zero-order valence-electron chi connectivity index (χ0n) is 15.4. The van der Waals surface area contributed by atoms with Crippen molar-refractivity contribution in [3.63, 3.8) is 0 Å². The van der Waals surface area contributed by atoms with Crippen molar-refractivity contribution in [2.45, 2.75) is 0 Å². The third kappa shape index (κ3) is 2.66. The second-order valence-corrected chi connectivity index (χ2v) is 6.90. The number of phenolic OH excluding ortho intramolecular Hbond substituents is 1. The minimum atomic E-state index is -0.649. The van der Waals surface area contributed by atoms with E-state index in [1.807, 2.05) is 31.1 Å².